The number of nitrogens with zero attached hydrogens (tertiary/aromatic N) is 1. The summed E-state index contributed by atoms with van der Waals surface area (Å²) >= 11 is 0. The van der Waals surface area contributed by atoms with E-state index in [0.29, 0.717) is 23.5 Å². The van der Waals surface area contributed by atoms with Crippen molar-refractivity contribution in [2.75, 3.05) is 23.7 Å². The molecule has 0 atom stereocenters. The number of nitrogens with one attached hydrogen (secondary N) is 1. The number of carbonyl (C=O) groups excluding carboxylic acids is 1. The molecule has 0 unspecified atom stereocenters. The first-order chi connectivity index (χ1) is 8.85. The van der Waals surface area contributed by atoms with E-state index in [4.69, 9.17) is 5.73 Å². The van der Waals surface area contributed by atoms with Crippen LogP contribution in [0.4, 0.5) is 15.8 Å². The summed E-state index contributed by atoms with van der Waals surface area (Å²) in [6.07, 6.45) is 0. The van der Waals surface area contributed by atoms with Crippen molar-refractivity contribution in [3.05, 3.63) is 23.5 Å². The van der Waals surface area contributed by atoms with Crippen molar-refractivity contribution in [2.45, 2.75) is 33.7 Å². The molecule has 0 aliphatic carbocycles. The standard InChI is InChI=1S/C14H22FN3O/c1-5-18(8-14(19)17-9(2)3)13-6-10(4)11(15)7-12(13)16/h6-7,9H,5,8,16H2,1-4H3,(H,17,19). The Balaban J connectivity index is 2.91. The molecular weight excluding hydrogens is 245 g/mol. The molecule has 0 saturated carbocycles. The third kappa shape index (κ3) is 4.12. The highest BCUT2D eigenvalue weighted by molar-refractivity contribution is 5.83. The molecule has 0 aliphatic heterocycles. The monoisotopic (exact) mass is 267 g/mol. The minimum absolute atomic E-state index is 0.0711. The maximum absolute atomic E-state index is 13.4. The average molecular weight is 267 g/mol. The van der Waals surface area contributed by atoms with Gasteiger partial charge in [-0.25, -0.2) is 4.39 Å². The molecule has 0 radical (unpaired) electrons. The summed E-state index contributed by atoms with van der Waals surface area (Å²) in [5.74, 6) is -0.401. The van der Waals surface area contributed by atoms with E-state index in [-0.39, 0.29) is 24.3 Å². The summed E-state index contributed by atoms with van der Waals surface area (Å²) in [6.45, 7) is 8.26. The predicted molar refractivity (Wildman–Crippen MR) is 76.7 cm³/mol. The van der Waals surface area contributed by atoms with Gasteiger partial charge in [-0.05, 0) is 45.4 Å². The van der Waals surface area contributed by atoms with Gasteiger partial charge in [0.1, 0.15) is 5.82 Å². The van der Waals surface area contributed by atoms with E-state index >= 15 is 0 Å². The van der Waals surface area contributed by atoms with Crippen LogP contribution in [-0.2, 0) is 4.79 Å². The fourth-order valence-corrected chi connectivity index (χ4v) is 1.86. The van der Waals surface area contributed by atoms with Gasteiger partial charge in [0, 0.05) is 12.6 Å². The highest BCUT2D eigenvalue weighted by Crippen LogP contribution is 2.26. The summed E-state index contributed by atoms with van der Waals surface area (Å²) in [7, 11) is 0. The number of nitrogen functional groups attached to an aromatic ring is 1. The molecule has 106 valence electrons. The lowest BCUT2D eigenvalue weighted by molar-refractivity contribution is -0.120. The lowest BCUT2D eigenvalue weighted by atomic mass is 10.1. The van der Waals surface area contributed by atoms with Gasteiger partial charge >= 0.3 is 0 Å². The molecule has 0 spiro atoms. The van der Waals surface area contributed by atoms with Gasteiger partial charge in [0.25, 0.3) is 0 Å². The van der Waals surface area contributed by atoms with Crippen LogP contribution in [0.1, 0.15) is 26.3 Å². The summed E-state index contributed by atoms with van der Waals surface area (Å²) in [5, 5.41) is 2.83. The third-order valence-electron chi connectivity index (χ3n) is 2.81. The SMILES string of the molecule is CCN(CC(=O)NC(C)C)c1cc(C)c(F)cc1N. The van der Waals surface area contributed by atoms with Crippen molar-refractivity contribution in [2.24, 2.45) is 0 Å². The Labute approximate surface area is 113 Å². The molecular formula is C14H22FN3O. The van der Waals surface area contributed by atoms with E-state index in [9.17, 15) is 9.18 Å². The van der Waals surface area contributed by atoms with E-state index in [1.54, 1.807) is 13.0 Å². The number of rotatable bonds is 5. The molecule has 0 bridgehead atoms. The Hall–Kier alpha value is -1.78. The number of benzene rings is 1. The molecule has 0 heterocycles. The zero-order chi connectivity index (χ0) is 14.6. The zero-order valence-corrected chi connectivity index (χ0v) is 12.0. The highest BCUT2D eigenvalue weighted by Gasteiger charge is 2.14. The number of halogens is 1. The van der Waals surface area contributed by atoms with E-state index < -0.39 is 0 Å². The van der Waals surface area contributed by atoms with Gasteiger partial charge in [-0.15, -0.1) is 0 Å². The molecule has 1 aromatic rings. The van der Waals surface area contributed by atoms with Gasteiger partial charge < -0.3 is 16.0 Å². The fourth-order valence-electron chi connectivity index (χ4n) is 1.86. The van der Waals surface area contributed by atoms with Gasteiger partial charge in [-0.2, -0.15) is 0 Å². The molecule has 0 aromatic heterocycles. The number of aryl methyl sites for hydroxylation is 1. The Bertz CT molecular complexity index is 460. The average Bonchev–Trinajstić information content (AvgIpc) is 2.30. The lowest BCUT2D eigenvalue weighted by Crippen LogP contribution is -2.40. The number of amides is 1. The fraction of sp³-hybridized carbons (Fsp3) is 0.500. The number of anilines is 2. The minimum atomic E-state index is -0.330. The van der Waals surface area contributed by atoms with E-state index in [0.717, 1.165) is 0 Å². The van der Waals surface area contributed by atoms with Crippen LogP contribution >= 0.6 is 0 Å². The van der Waals surface area contributed by atoms with Gasteiger partial charge in [-0.1, -0.05) is 0 Å². The summed E-state index contributed by atoms with van der Waals surface area (Å²) < 4.78 is 13.4. The maximum atomic E-state index is 13.4. The largest absolute Gasteiger partial charge is 0.397 e. The molecule has 3 N–H and O–H groups in total. The molecule has 0 fully saturated rings. The Morgan fingerprint density at radius 2 is 2.11 bits per heavy atom. The van der Waals surface area contributed by atoms with Crippen molar-refractivity contribution in [1.82, 2.24) is 5.32 Å². The van der Waals surface area contributed by atoms with Gasteiger partial charge in [0.2, 0.25) is 5.91 Å². The van der Waals surface area contributed by atoms with Crippen LogP contribution in [0.15, 0.2) is 12.1 Å². The molecule has 5 heteroatoms. The predicted octanol–water partition coefficient (Wildman–Crippen LogP) is 2.07. The quantitative estimate of drug-likeness (QED) is 0.803. The number of carbonyl (C=O) groups is 1. The number of likely N-dealkylation sites (N-methyl/N-ethyl adjacent to an activating group) is 1. The maximum Gasteiger partial charge on any atom is 0.239 e. The highest BCUT2D eigenvalue weighted by atomic mass is 19.1. The molecule has 4 nitrogen and oxygen atoms in total. The van der Waals surface area contributed by atoms with E-state index in [1.807, 2.05) is 25.7 Å². The molecule has 0 saturated heterocycles. The second-order valence-electron chi connectivity index (χ2n) is 4.90. The van der Waals surface area contributed by atoms with Crippen LogP contribution in [0.2, 0.25) is 0 Å². The molecule has 1 rings (SSSR count). The Morgan fingerprint density at radius 1 is 1.47 bits per heavy atom. The van der Waals surface area contributed by atoms with Gasteiger partial charge in [0.15, 0.2) is 0 Å². The van der Waals surface area contributed by atoms with Crippen molar-refractivity contribution < 1.29 is 9.18 Å². The molecule has 0 aliphatic rings. The first-order valence-corrected chi connectivity index (χ1v) is 6.45. The zero-order valence-electron chi connectivity index (χ0n) is 12.0. The van der Waals surface area contributed by atoms with Crippen molar-refractivity contribution >= 4 is 17.3 Å². The Kier molecular flexibility index (Phi) is 5.15. The second kappa shape index (κ2) is 6.41. The lowest BCUT2D eigenvalue weighted by Gasteiger charge is -2.25. The van der Waals surface area contributed by atoms with Crippen molar-refractivity contribution in [3.8, 4) is 0 Å². The summed E-state index contributed by atoms with van der Waals surface area (Å²) in [6, 6.07) is 3.07. The number of hydrogen-bond donors (Lipinski definition) is 2. The van der Waals surface area contributed by atoms with Crippen molar-refractivity contribution in [3.63, 3.8) is 0 Å². The van der Waals surface area contributed by atoms with Crippen LogP contribution in [-0.4, -0.2) is 25.0 Å². The van der Waals surface area contributed by atoms with Gasteiger partial charge in [0.05, 0.1) is 17.9 Å². The summed E-state index contributed by atoms with van der Waals surface area (Å²) in [4.78, 5) is 13.6. The van der Waals surface area contributed by atoms with E-state index in [2.05, 4.69) is 5.32 Å². The topological polar surface area (TPSA) is 58.4 Å². The van der Waals surface area contributed by atoms with Crippen molar-refractivity contribution in [1.29, 1.82) is 0 Å². The molecule has 1 aromatic carbocycles. The molecule has 1 amide bonds. The second-order valence-corrected chi connectivity index (χ2v) is 4.90. The van der Waals surface area contributed by atoms with Crippen LogP contribution in [0, 0.1) is 12.7 Å². The normalized spacial score (nSPS) is 10.6. The first-order valence-electron chi connectivity index (χ1n) is 6.45. The van der Waals surface area contributed by atoms with Crippen LogP contribution < -0.4 is 16.0 Å². The van der Waals surface area contributed by atoms with Crippen LogP contribution in [0.25, 0.3) is 0 Å². The summed E-state index contributed by atoms with van der Waals surface area (Å²) in [5.41, 5.74) is 7.39. The third-order valence-corrected chi connectivity index (χ3v) is 2.81. The smallest absolute Gasteiger partial charge is 0.239 e. The number of nitrogens with two attached hydrogens (primary N) is 1. The van der Waals surface area contributed by atoms with Crippen LogP contribution in [0.3, 0.4) is 0 Å². The molecule has 19 heavy (non-hydrogen) atoms. The minimum Gasteiger partial charge on any atom is -0.397 e. The number of hydrogen-bond acceptors (Lipinski definition) is 3. The Morgan fingerprint density at radius 3 is 2.63 bits per heavy atom. The van der Waals surface area contributed by atoms with Crippen LogP contribution in [0.5, 0.6) is 0 Å². The first kappa shape index (κ1) is 15.3. The van der Waals surface area contributed by atoms with Gasteiger partial charge in [-0.3, -0.25) is 4.79 Å². The van der Waals surface area contributed by atoms with E-state index in [1.165, 1.54) is 6.07 Å².